The molecule has 0 aliphatic carbocycles. The molecule has 0 saturated carbocycles. The lowest BCUT2D eigenvalue weighted by Crippen LogP contribution is -2.48. The van der Waals surface area contributed by atoms with Crippen LogP contribution in [0, 0.1) is 12.3 Å². The molecule has 5 nitrogen and oxygen atoms in total. The van der Waals surface area contributed by atoms with Crippen LogP contribution in [0.4, 0.5) is 4.79 Å². The Morgan fingerprint density at radius 1 is 1.14 bits per heavy atom. The van der Waals surface area contributed by atoms with Gasteiger partial charge in [-0.25, -0.2) is 4.79 Å². The molecule has 0 aromatic heterocycles. The number of rotatable bonds is 6. The second-order valence-electron chi connectivity index (χ2n) is 7.83. The minimum absolute atomic E-state index is 0.0635. The number of aliphatic hydroxyl groups excluding tert-OH is 1. The molecule has 3 rings (SSSR count). The summed E-state index contributed by atoms with van der Waals surface area (Å²) in [6, 6.07) is 17.8. The Bertz CT molecular complexity index is 772. The minimum atomic E-state index is -0.282. The van der Waals surface area contributed by atoms with Crippen LogP contribution in [-0.4, -0.2) is 49.5 Å². The second kappa shape index (κ2) is 9.22. The van der Waals surface area contributed by atoms with Gasteiger partial charge in [0.15, 0.2) is 0 Å². The first-order valence-electron chi connectivity index (χ1n) is 9.85. The van der Waals surface area contributed by atoms with Gasteiger partial charge in [0.25, 0.3) is 0 Å². The highest BCUT2D eigenvalue weighted by Crippen LogP contribution is 2.31. The zero-order valence-corrected chi connectivity index (χ0v) is 16.7. The summed E-state index contributed by atoms with van der Waals surface area (Å²) in [4.78, 5) is 14.7. The molecule has 1 saturated heterocycles. The zero-order chi connectivity index (χ0) is 20.0. The van der Waals surface area contributed by atoms with E-state index in [9.17, 15) is 9.90 Å². The van der Waals surface area contributed by atoms with Crippen molar-refractivity contribution in [3.63, 3.8) is 0 Å². The van der Waals surface area contributed by atoms with Crippen molar-refractivity contribution in [2.45, 2.75) is 25.8 Å². The first kappa shape index (κ1) is 20.4. The maximum atomic E-state index is 13.0. The van der Waals surface area contributed by atoms with Crippen LogP contribution in [0.2, 0.25) is 0 Å². The van der Waals surface area contributed by atoms with Crippen LogP contribution in [-0.2, 0) is 4.74 Å². The van der Waals surface area contributed by atoms with E-state index in [0.717, 1.165) is 29.5 Å². The Morgan fingerprint density at radius 2 is 1.82 bits per heavy atom. The van der Waals surface area contributed by atoms with Gasteiger partial charge in [0, 0.05) is 32.2 Å². The highest BCUT2D eigenvalue weighted by molar-refractivity contribution is 5.75. The maximum Gasteiger partial charge on any atom is 0.317 e. The van der Waals surface area contributed by atoms with Crippen molar-refractivity contribution < 1.29 is 14.6 Å². The summed E-state index contributed by atoms with van der Waals surface area (Å²) in [5.41, 5.74) is 2.96. The summed E-state index contributed by atoms with van der Waals surface area (Å²) in [5, 5.41) is 13.1. The summed E-state index contributed by atoms with van der Waals surface area (Å²) >= 11 is 0. The third-order valence-corrected chi connectivity index (χ3v) is 5.58. The fourth-order valence-corrected chi connectivity index (χ4v) is 3.83. The van der Waals surface area contributed by atoms with Crippen LogP contribution in [0.25, 0.3) is 0 Å². The Labute approximate surface area is 167 Å². The van der Waals surface area contributed by atoms with Crippen LogP contribution in [0.3, 0.4) is 0 Å². The standard InChI is InChI=1S/C23H30N2O3/c1-18-7-6-10-20(15-18)21(19-8-4-3-5-9-19)24-22(27)25(2)16-23(17-26)11-13-28-14-12-23/h3-10,15,21,26H,11-14,16-17H2,1-2H3,(H,24,27). The molecule has 5 heteroatoms. The predicted molar refractivity (Wildman–Crippen MR) is 110 cm³/mol. The first-order valence-corrected chi connectivity index (χ1v) is 9.85. The summed E-state index contributed by atoms with van der Waals surface area (Å²) < 4.78 is 5.43. The Balaban J connectivity index is 1.77. The largest absolute Gasteiger partial charge is 0.396 e. The average molecular weight is 383 g/mol. The maximum absolute atomic E-state index is 13.0. The zero-order valence-electron chi connectivity index (χ0n) is 16.7. The van der Waals surface area contributed by atoms with Gasteiger partial charge in [-0.15, -0.1) is 0 Å². The molecule has 2 aromatic carbocycles. The summed E-state index contributed by atoms with van der Waals surface area (Å²) in [6.45, 7) is 3.88. The molecular formula is C23H30N2O3. The number of nitrogens with zero attached hydrogens (tertiary/aromatic N) is 1. The molecule has 1 unspecified atom stereocenters. The molecule has 2 N–H and O–H groups in total. The van der Waals surface area contributed by atoms with E-state index in [1.54, 1.807) is 11.9 Å². The number of ether oxygens (including phenoxy) is 1. The number of urea groups is 1. The fourth-order valence-electron chi connectivity index (χ4n) is 3.83. The fraction of sp³-hybridized carbons (Fsp3) is 0.435. The molecule has 2 aromatic rings. The Morgan fingerprint density at radius 3 is 2.46 bits per heavy atom. The van der Waals surface area contributed by atoms with Crippen LogP contribution in [0.15, 0.2) is 54.6 Å². The number of carbonyl (C=O) groups excluding carboxylic acids is 1. The molecule has 1 aliphatic rings. The van der Waals surface area contributed by atoms with Gasteiger partial charge in [-0.3, -0.25) is 0 Å². The third-order valence-electron chi connectivity index (χ3n) is 5.58. The number of hydrogen-bond acceptors (Lipinski definition) is 3. The number of benzene rings is 2. The van der Waals surface area contributed by atoms with Crippen molar-refractivity contribution in [2.24, 2.45) is 5.41 Å². The monoisotopic (exact) mass is 382 g/mol. The van der Waals surface area contributed by atoms with Crippen LogP contribution in [0.1, 0.15) is 35.6 Å². The highest BCUT2D eigenvalue weighted by Gasteiger charge is 2.34. The minimum Gasteiger partial charge on any atom is -0.396 e. The van der Waals surface area contributed by atoms with Gasteiger partial charge >= 0.3 is 6.03 Å². The van der Waals surface area contributed by atoms with Gasteiger partial charge in [0.1, 0.15) is 0 Å². The lowest BCUT2D eigenvalue weighted by atomic mass is 9.80. The van der Waals surface area contributed by atoms with Crippen molar-refractivity contribution in [1.29, 1.82) is 0 Å². The quantitative estimate of drug-likeness (QED) is 0.804. The molecule has 0 bridgehead atoms. The van der Waals surface area contributed by atoms with E-state index in [-0.39, 0.29) is 24.1 Å². The summed E-state index contributed by atoms with van der Waals surface area (Å²) in [6.07, 6.45) is 1.53. The second-order valence-corrected chi connectivity index (χ2v) is 7.83. The number of aliphatic hydroxyl groups is 1. The predicted octanol–water partition coefficient (Wildman–Crippen LogP) is 3.51. The van der Waals surface area contributed by atoms with E-state index in [1.807, 2.05) is 42.5 Å². The average Bonchev–Trinajstić information content (AvgIpc) is 2.73. The van der Waals surface area contributed by atoms with E-state index in [4.69, 9.17) is 4.74 Å². The number of aryl methyl sites for hydroxylation is 1. The van der Waals surface area contributed by atoms with Crippen molar-refractivity contribution in [2.75, 3.05) is 33.4 Å². The normalized spacial score (nSPS) is 17.0. The van der Waals surface area contributed by atoms with Crippen molar-refractivity contribution in [3.8, 4) is 0 Å². The Kier molecular flexibility index (Phi) is 6.70. The lowest BCUT2D eigenvalue weighted by molar-refractivity contribution is -0.0261. The molecule has 150 valence electrons. The van der Waals surface area contributed by atoms with E-state index in [0.29, 0.717) is 19.8 Å². The van der Waals surface area contributed by atoms with Gasteiger partial charge < -0.3 is 20.1 Å². The van der Waals surface area contributed by atoms with Gasteiger partial charge in [-0.1, -0.05) is 60.2 Å². The SMILES string of the molecule is Cc1cccc(C(NC(=O)N(C)CC2(CO)CCOCC2)c2ccccc2)c1. The van der Waals surface area contributed by atoms with Crippen molar-refractivity contribution in [1.82, 2.24) is 10.2 Å². The smallest absolute Gasteiger partial charge is 0.317 e. The van der Waals surface area contributed by atoms with Crippen LogP contribution < -0.4 is 5.32 Å². The molecule has 1 heterocycles. The highest BCUT2D eigenvalue weighted by atomic mass is 16.5. The van der Waals surface area contributed by atoms with E-state index >= 15 is 0 Å². The summed E-state index contributed by atoms with van der Waals surface area (Å²) in [5.74, 6) is 0. The Hall–Kier alpha value is -2.37. The summed E-state index contributed by atoms with van der Waals surface area (Å²) in [7, 11) is 1.79. The van der Waals surface area contributed by atoms with Crippen LogP contribution >= 0.6 is 0 Å². The van der Waals surface area contributed by atoms with Gasteiger partial charge in [-0.2, -0.15) is 0 Å². The van der Waals surface area contributed by atoms with E-state index in [1.165, 1.54) is 0 Å². The molecular weight excluding hydrogens is 352 g/mol. The van der Waals surface area contributed by atoms with Crippen molar-refractivity contribution >= 4 is 6.03 Å². The van der Waals surface area contributed by atoms with Crippen molar-refractivity contribution in [3.05, 3.63) is 71.3 Å². The molecule has 2 amide bonds. The number of carbonyl (C=O) groups is 1. The van der Waals surface area contributed by atoms with Gasteiger partial charge in [-0.05, 0) is 30.9 Å². The van der Waals surface area contributed by atoms with E-state index in [2.05, 4.69) is 24.4 Å². The molecule has 1 fully saturated rings. The van der Waals surface area contributed by atoms with Gasteiger partial charge in [0.2, 0.25) is 0 Å². The molecule has 1 atom stereocenters. The van der Waals surface area contributed by atoms with E-state index < -0.39 is 0 Å². The number of amides is 2. The van der Waals surface area contributed by atoms with Crippen LogP contribution in [0.5, 0.6) is 0 Å². The van der Waals surface area contributed by atoms with Gasteiger partial charge in [0.05, 0.1) is 12.6 Å². The third kappa shape index (κ3) is 4.91. The molecule has 28 heavy (non-hydrogen) atoms. The number of nitrogens with one attached hydrogen (secondary N) is 1. The first-order chi connectivity index (χ1) is 13.5. The molecule has 0 radical (unpaired) electrons. The lowest BCUT2D eigenvalue weighted by Gasteiger charge is -2.38. The molecule has 1 aliphatic heterocycles. The number of hydrogen-bond donors (Lipinski definition) is 2. The molecule has 0 spiro atoms. The topological polar surface area (TPSA) is 61.8 Å².